The molecule has 0 spiro atoms. The Hall–Kier alpha value is -2.37. The zero-order chi connectivity index (χ0) is 16.6. The van der Waals surface area contributed by atoms with Crippen molar-refractivity contribution in [2.75, 3.05) is 0 Å². The smallest absolute Gasteiger partial charge is 0.178 e. The standard InChI is InChI=1S/C23H22N.BrH/c1-20-10-7-9-19-24(20)18-8-3-4-11-21-14-16-23(17-15-21)22-12-5-2-6-13-22;/h2,5-7,9-10,12-17,19H,3,8,18H2,1H3;1H/q+1;/p-1. The van der Waals surface area contributed by atoms with Crippen molar-refractivity contribution in [1.29, 1.82) is 0 Å². The van der Waals surface area contributed by atoms with Crippen LogP contribution in [0.5, 0.6) is 0 Å². The lowest BCUT2D eigenvalue weighted by Gasteiger charge is -2.00. The van der Waals surface area contributed by atoms with Gasteiger partial charge in [0.05, 0.1) is 0 Å². The van der Waals surface area contributed by atoms with E-state index in [0.717, 1.165) is 24.9 Å². The lowest BCUT2D eigenvalue weighted by atomic mass is 10.0. The average molecular weight is 392 g/mol. The first kappa shape index (κ1) is 19.0. The fourth-order valence-electron chi connectivity index (χ4n) is 2.69. The fourth-order valence-corrected chi connectivity index (χ4v) is 2.69. The van der Waals surface area contributed by atoms with Gasteiger partial charge in [-0.2, -0.15) is 0 Å². The first-order valence-electron chi connectivity index (χ1n) is 8.42. The molecule has 0 bridgehead atoms. The highest BCUT2D eigenvalue weighted by Crippen LogP contribution is 2.18. The normalized spacial score (nSPS) is 9.64. The number of unbranched alkanes of at least 4 members (excludes halogenated alkanes) is 1. The molecule has 3 rings (SSSR count). The van der Waals surface area contributed by atoms with Gasteiger partial charge in [0.1, 0.15) is 6.54 Å². The monoisotopic (exact) mass is 391 g/mol. The molecule has 3 aromatic rings. The number of hydrogen-bond acceptors (Lipinski definition) is 0. The van der Waals surface area contributed by atoms with Gasteiger partial charge in [-0.25, -0.2) is 4.57 Å². The number of aryl methyl sites for hydroxylation is 2. The number of hydrogen-bond donors (Lipinski definition) is 0. The van der Waals surface area contributed by atoms with E-state index in [4.69, 9.17) is 0 Å². The number of benzene rings is 2. The van der Waals surface area contributed by atoms with E-state index in [1.54, 1.807) is 0 Å². The van der Waals surface area contributed by atoms with Crippen molar-refractivity contribution in [3.05, 3.63) is 90.3 Å². The van der Waals surface area contributed by atoms with Crippen LogP contribution in [0, 0.1) is 18.8 Å². The highest BCUT2D eigenvalue weighted by Gasteiger charge is 2.02. The molecule has 1 heterocycles. The van der Waals surface area contributed by atoms with Crippen LogP contribution < -0.4 is 21.5 Å². The second kappa shape index (κ2) is 9.81. The second-order valence-corrected chi connectivity index (χ2v) is 5.88. The SMILES string of the molecule is Cc1cccc[n+]1CCCC#Cc1ccc(-c2ccccc2)cc1.[Br-]. The fraction of sp³-hybridized carbons (Fsp3) is 0.174. The van der Waals surface area contributed by atoms with E-state index < -0.39 is 0 Å². The van der Waals surface area contributed by atoms with Crippen LogP contribution in [0.25, 0.3) is 11.1 Å². The van der Waals surface area contributed by atoms with Gasteiger partial charge in [0.25, 0.3) is 0 Å². The molecule has 25 heavy (non-hydrogen) atoms. The van der Waals surface area contributed by atoms with Crippen LogP contribution in [0.1, 0.15) is 24.1 Å². The Bertz CT molecular complexity index is 843. The molecule has 0 N–H and O–H groups in total. The first-order chi connectivity index (χ1) is 11.8. The summed E-state index contributed by atoms with van der Waals surface area (Å²) < 4.78 is 2.27. The zero-order valence-electron chi connectivity index (χ0n) is 14.5. The molecule has 0 atom stereocenters. The first-order valence-corrected chi connectivity index (χ1v) is 8.42. The molecule has 0 saturated carbocycles. The Balaban J connectivity index is 0.00000225. The van der Waals surface area contributed by atoms with Crippen LogP contribution in [0.15, 0.2) is 79.0 Å². The summed E-state index contributed by atoms with van der Waals surface area (Å²) in [5, 5.41) is 0. The van der Waals surface area contributed by atoms with Gasteiger partial charge in [-0.15, -0.1) is 0 Å². The maximum Gasteiger partial charge on any atom is 0.178 e. The van der Waals surface area contributed by atoms with Crippen molar-refractivity contribution in [3.8, 4) is 23.0 Å². The minimum atomic E-state index is 0. The molecule has 0 radical (unpaired) electrons. The largest absolute Gasteiger partial charge is 1.00 e. The molecule has 0 unspecified atom stereocenters. The summed E-state index contributed by atoms with van der Waals surface area (Å²) in [7, 11) is 0. The summed E-state index contributed by atoms with van der Waals surface area (Å²) in [6.07, 6.45) is 4.12. The van der Waals surface area contributed by atoms with Gasteiger partial charge >= 0.3 is 0 Å². The van der Waals surface area contributed by atoms with Gasteiger partial charge in [0.2, 0.25) is 0 Å². The van der Waals surface area contributed by atoms with Crippen molar-refractivity contribution in [2.45, 2.75) is 26.3 Å². The van der Waals surface area contributed by atoms with Crippen molar-refractivity contribution >= 4 is 0 Å². The van der Waals surface area contributed by atoms with Gasteiger partial charge in [-0.3, -0.25) is 0 Å². The van der Waals surface area contributed by atoms with Gasteiger partial charge in [0, 0.05) is 37.5 Å². The number of aromatic nitrogens is 1. The molecule has 2 heteroatoms. The average Bonchev–Trinajstić information content (AvgIpc) is 2.64. The molecule has 0 aliphatic rings. The summed E-state index contributed by atoms with van der Waals surface area (Å²) in [5.74, 6) is 6.55. The molecule has 0 fully saturated rings. The van der Waals surface area contributed by atoms with E-state index in [1.807, 2.05) is 6.07 Å². The number of halogens is 1. The summed E-state index contributed by atoms with van der Waals surface area (Å²) in [6, 6.07) is 25.2. The molecular weight excluding hydrogens is 370 g/mol. The number of rotatable bonds is 4. The maximum atomic E-state index is 3.29. The van der Waals surface area contributed by atoms with E-state index in [2.05, 4.69) is 96.3 Å². The van der Waals surface area contributed by atoms with Crippen molar-refractivity contribution in [2.24, 2.45) is 0 Å². The number of pyridine rings is 1. The van der Waals surface area contributed by atoms with Gasteiger partial charge in [-0.1, -0.05) is 60.4 Å². The Morgan fingerprint density at radius 1 is 0.800 bits per heavy atom. The summed E-state index contributed by atoms with van der Waals surface area (Å²) >= 11 is 0. The predicted molar refractivity (Wildman–Crippen MR) is 99.4 cm³/mol. The van der Waals surface area contributed by atoms with Crippen molar-refractivity contribution in [1.82, 2.24) is 0 Å². The summed E-state index contributed by atoms with van der Waals surface area (Å²) in [4.78, 5) is 0. The topological polar surface area (TPSA) is 3.88 Å². The van der Waals surface area contributed by atoms with Gasteiger partial charge < -0.3 is 17.0 Å². The van der Waals surface area contributed by atoms with Crippen LogP contribution in [-0.4, -0.2) is 0 Å². The summed E-state index contributed by atoms with van der Waals surface area (Å²) in [5.41, 5.74) is 4.85. The van der Waals surface area contributed by atoms with Crippen LogP contribution in [0.2, 0.25) is 0 Å². The van der Waals surface area contributed by atoms with Crippen LogP contribution in [0.4, 0.5) is 0 Å². The number of nitrogens with zero attached hydrogens (tertiary/aromatic N) is 1. The minimum absolute atomic E-state index is 0. The molecule has 1 aromatic heterocycles. The Kier molecular flexibility index (Phi) is 7.44. The third-order valence-electron chi connectivity index (χ3n) is 4.09. The third-order valence-corrected chi connectivity index (χ3v) is 4.09. The maximum absolute atomic E-state index is 3.29. The van der Waals surface area contributed by atoms with E-state index in [1.165, 1.54) is 16.8 Å². The van der Waals surface area contributed by atoms with Crippen LogP contribution in [0.3, 0.4) is 0 Å². The lowest BCUT2D eigenvalue weighted by molar-refractivity contribution is -0.703. The van der Waals surface area contributed by atoms with Gasteiger partial charge in [-0.05, 0) is 23.3 Å². The third kappa shape index (κ3) is 5.59. The van der Waals surface area contributed by atoms with E-state index in [-0.39, 0.29) is 17.0 Å². The van der Waals surface area contributed by atoms with E-state index >= 15 is 0 Å². The highest BCUT2D eigenvalue weighted by atomic mass is 79.9. The molecule has 1 nitrogen and oxygen atoms in total. The van der Waals surface area contributed by atoms with Crippen LogP contribution >= 0.6 is 0 Å². The van der Waals surface area contributed by atoms with Crippen molar-refractivity contribution in [3.63, 3.8) is 0 Å². The second-order valence-electron chi connectivity index (χ2n) is 5.88. The highest BCUT2D eigenvalue weighted by molar-refractivity contribution is 5.64. The zero-order valence-corrected chi connectivity index (χ0v) is 16.0. The molecule has 0 aliphatic carbocycles. The van der Waals surface area contributed by atoms with Crippen LogP contribution in [-0.2, 0) is 6.54 Å². The molecule has 0 saturated heterocycles. The molecular formula is C23H22BrN. The molecule has 0 amide bonds. The Labute approximate surface area is 161 Å². The quantitative estimate of drug-likeness (QED) is 0.362. The molecule has 2 aromatic carbocycles. The summed E-state index contributed by atoms with van der Waals surface area (Å²) in [6.45, 7) is 3.16. The minimum Gasteiger partial charge on any atom is -1.00 e. The molecule has 126 valence electrons. The lowest BCUT2D eigenvalue weighted by Crippen LogP contribution is -3.00. The van der Waals surface area contributed by atoms with Gasteiger partial charge in [0.15, 0.2) is 11.9 Å². The molecule has 0 aliphatic heterocycles. The Morgan fingerprint density at radius 2 is 1.48 bits per heavy atom. The Morgan fingerprint density at radius 3 is 2.20 bits per heavy atom. The van der Waals surface area contributed by atoms with E-state index in [0.29, 0.717) is 0 Å². The predicted octanol–water partition coefficient (Wildman–Crippen LogP) is 1.79. The van der Waals surface area contributed by atoms with E-state index in [9.17, 15) is 0 Å². The van der Waals surface area contributed by atoms with Crippen molar-refractivity contribution < 1.29 is 21.5 Å².